The molecule has 4 nitrogen and oxygen atoms in total. The van der Waals surface area contributed by atoms with Crippen LogP contribution in [-0.4, -0.2) is 37.6 Å². The lowest BCUT2D eigenvalue weighted by molar-refractivity contribution is -0.138. The summed E-state index contributed by atoms with van der Waals surface area (Å²) in [7, 11) is 3.69. The second-order valence-electron chi connectivity index (χ2n) is 3.17. The molecule has 0 aliphatic heterocycles. The summed E-state index contributed by atoms with van der Waals surface area (Å²) >= 11 is 3.49. The number of likely N-dealkylation sites (N-methyl/N-ethyl adjacent to an activating group) is 1. The molecule has 0 aromatic rings. The van der Waals surface area contributed by atoms with Crippen LogP contribution in [0.4, 0.5) is 0 Å². The second-order valence-corrected chi connectivity index (χ2v) is 3.36. The van der Waals surface area contributed by atoms with Crippen molar-refractivity contribution in [2.24, 2.45) is 5.73 Å². The summed E-state index contributed by atoms with van der Waals surface area (Å²) in [5, 5.41) is 0. The maximum atomic E-state index is 11.2. The predicted molar refractivity (Wildman–Crippen MR) is 55.5 cm³/mol. The molecule has 0 fully saturated rings. The van der Waals surface area contributed by atoms with E-state index in [1.54, 1.807) is 0 Å². The highest BCUT2D eigenvalue weighted by atomic mass is 32.1. The SMILES string of the molecule is CN(C)C(CCCCN)C(=O)OS. The normalized spacial score (nSPS) is 13.0. The van der Waals surface area contributed by atoms with Gasteiger partial charge in [-0.2, -0.15) is 0 Å². The molecule has 0 aromatic carbocycles. The Balaban J connectivity index is 3.88. The van der Waals surface area contributed by atoms with Crippen LogP contribution in [0, 0.1) is 0 Å². The highest BCUT2D eigenvalue weighted by Crippen LogP contribution is 2.08. The van der Waals surface area contributed by atoms with Crippen LogP contribution in [0.2, 0.25) is 0 Å². The van der Waals surface area contributed by atoms with E-state index in [0.29, 0.717) is 6.54 Å². The summed E-state index contributed by atoms with van der Waals surface area (Å²) < 4.78 is 4.39. The molecule has 0 radical (unpaired) electrons. The van der Waals surface area contributed by atoms with Gasteiger partial charge in [0, 0.05) is 12.9 Å². The van der Waals surface area contributed by atoms with Gasteiger partial charge in [-0.05, 0) is 33.5 Å². The van der Waals surface area contributed by atoms with Crippen LogP contribution < -0.4 is 5.73 Å². The molecular weight excluding hydrogens is 188 g/mol. The lowest BCUT2D eigenvalue weighted by Gasteiger charge is -2.20. The van der Waals surface area contributed by atoms with Gasteiger partial charge in [-0.25, -0.2) is 4.79 Å². The topological polar surface area (TPSA) is 55.6 Å². The highest BCUT2D eigenvalue weighted by Gasteiger charge is 2.20. The number of carbonyl (C=O) groups excluding carboxylic acids is 1. The molecule has 13 heavy (non-hydrogen) atoms. The minimum Gasteiger partial charge on any atom is -0.393 e. The van der Waals surface area contributed by atoms with Gasteiger partial charge >= 0.3 is 5.97 Å². The van der Waals surface area contributed by atoms with Crippen molar-refractivity contribution in [3.63, 3.8) is 0 Å². The Morgan fingerprint density at radius 1 is 1.54 bits per heavy atom. The van der Waals surface area contributed by atoms with Gasteiger partial charge in [-0.3, -0.25) is 4.90 Å². The van der Waals surface area contributed by atoms with Gasteiger partial charge in [0.1, 0.15) is 6.04 Å². The van der Waals surface area contributed by atoms with Crippen molar-refractivity contribution in [3.8, 4) is 0 Å². The molecule has 1 atom stereocenters. The van der Waals surface area contributed by atoms with Crippen molar-refractivity contribution < 1.29 is 8.98 Å². The first-order valence-electron chi connectivity index (χ1n) is 4.35. The van der Waals surface area contributed by atoms with Crippen molar-refractivity contribution in [3.05, 3.63) is 0 Å². The van der Waals surface area contributed by atoms with Crippen LogP contribution in [0.3, 0.4) is 0 Å². The first-order chi connectivity index (χ1) is 6.13. The maximum Gasteiger partial charge on any atom is 0.335 e. The molecule has 1 unspecified atom stereocenters. The minimum atomic E-state index is -0.301. The van der Waals surface area contributed by atoms with Crippen LogP contribution in [0.5, 0.6) is 0 Å². The van der Waals surface area contributed by atoms with Gasteiger partial charge in [0.25, 0.3) is 0 Å². The lowest BCUT2D eigenvalue weighted by Crippen LogP contribution is -2.36. The monoisotopic (exact) mass is 206 g/mol. The van der Waals surface area contributed by atoms with Crippen molar-refractivity contribution in [2.45, 2.75) is 25.3 Å². The van der Waals surface area contributed by atoms with Crippen LogP contribution in [0.25, 0.3) is 0 Å². The Morgan fingerprint density at radius 2 is 2.15 bits per heavy atom. The molecule has 0 heterocycles. The Kier molecular flexibility index (Phi) is 7.03. The van der Waals surface area contributed by atoms with Crippen molar-refractivity contribution in [1.29, 1.82) is 0 Å². The Hall–Kier alpha value is -0.260. The fourth-order valence-corrected chi connectivity index (χ4v) is 1.25. The smallest absolute Gasteiger partial charge is 0.335 e. The van der Waals surface area contributed by atoms with Gasteiger partial charge in [-0.15, -0.1) is 0 Å². The zero-order valence-corrected chi connectivity index (χ0v) is 9.09. The number of carbonyl (C=O) groups is 1. The van der Waals surface area contributed by atoms with Gasteiger partial charge in [-0.1, -0.05) is 6.42 Å². The number of thiol groups is 1. The van der Waals surface area contributed by atoms with Crippen molar-refractivity contribution in [2.75, 3.05) is 20.6 Å². The third-order valence-electron chi connectivity index (χ3n) is 1.92. The summed E-state index contributed by atoms with van der Waals surface area (Å²) in [6.07, 6.45) is 2.63. The molecule has 0 aliphatic carbocycles. The standard InChI is InChI=1S/C8H18N2O2S/c1-10(2)7(8(11)12-13)5-3-4-6-9/h7,13H,3-6,9H2,1-2H3. The summed E-state index contributed by atoms with van der Waals surface area (Å²) in [6, 6.07) is -0.205. The second kappa shape index (κ2) is 7.17. The molecule has 2 N–H and O–H groups in total. The van der Waals surface area contributed by atoms with E-state index in [1.165, 1.54) is 0 Å². The summed E-state index contributed by atoms with van der Waals surface area (Å²) in [5.74, 6) is -0.301. The van der Waals surface area contributed by atoms with E-state index in [1.807, 2.05) is 19.0 Å². The maximum absolute atomic E-state index is 11.2. The third-order valence-corrected chi connectivity index (χ3v) is 2.10. The van der Waals surface area contributed by atoms with E-state index in [2.05, 4.69) is 17.1 Å². The van der Waals surface area contributed by atoms with Crippen molar-refractivity contribution >= 4 is 18.9 Å². The predicted octanol–water partition coefficient (Wildman–Crippen LogP) is 0.434. The molecule has 0 rings (SSSR count). The minimum absolute atomic E-state index is 0.205. The van der Waals surface area contributed by atoms with Gasteiger partial charge < -0.3 is 9.92 Å². The molecule has 0 spiro atoms. The number of hydrogen-bond acceptors (Lipinski definition) is 5. The van der Waals surface area contributed by atoms with Crippen LogP contribution in [-0.2, 0) is 8.98 Å². The average Bonchev–Trinajstić information content (AvgIpc) is 2.11. The summed E-state index contributed by atoms with van der Waals surface area (Å²) in [4.78, 5) is 13.0. The fraction of sp³-hybridized carbons (Fsp3) is 0.875. The van der Waals surface area contributed by atoms with Crippen molar-refractivity contribution in [1.82, 2.24) is 4.90 Å². The number of rotatable bonds is 6. The van der Waals surface area contributed by atoms with Gasteiger partial charge in [0.2, 0.25) is 0 Å². The fourth-order valence-electron chi connectivity index (χ4n) is 1.13. The van der Waals surface area contributed by atoms with E-state index < -0.39 is 0 Å². The highest BCUT2D eigenvalue weighted by molar-refractivity contribution is 7.75. The molecule has 5 heteroatoms. The Bertz CT molecular complexity index is 153. The molecule has 0 aliphatic rings. The van der Waals surface area contributed by atoms with E-state index in [4.69, 9.17) is 5.73 Å². The molecule has 0 aromatic heterocycles. The molecular formula is C8H18N2O2S. The molecule has 0 saturated heterocycles. The van der Waals surface area contributed by atoms with Crippen LogP contribution in [0.15, 0.2) is 0 Å². The van der Waals surface area contributed by atoms with Gasteiger partial charge in [0.15, 0.2) is 0 Å². The molecule has 0 saturated carbocycles. The summed E-state index contributed by atoms with van der Waals surface area (Å²) in [6.45, 7) is 0.663. The largest absolute Gasteiger partial charge is 0.393 e. The quantitative estimate of drug-likeness (QED) is 0.376. The molecule has 0 bridgehead atoms. The van der Waals surface area contributed by atoms with E-state index in [0.717, 1.165) is 19.3 Å². The first kappa shape index (κ1) is 12.7. The Morgan fingerprint density at radius 3 is 2.54 bits per heavy atom. The lowest BCUT2D eigenvalue weighted by atomic mass is 10.1. The van der Waals surface area contributed by atoms with Gasteiger partial charge in [0.05, 0.1) is 0 Å². The Labute approximate surface area is 85.0 Å². The zero-order chi connectivity index (χ0) is 10.3. The number of unbranched alkanes of at least 4 members (excludes halogenated alkanes) is 1. The summed E-state index contributed by atoms with van der Waals surface area (Å²) in [5.41, 5.74) is 5.35. The average molecular weight is 206 g/mol. The number of nitrogens with zero attached hydrogens (tertiary/aromatic N) is 1. The number of nitrogens with two attached hydrogens (primary N) is 1. The first-order valence-corrected chi connectivity index (χ1v) is 4.71. The third kappa shape index (κ3) is 5.13. The van der Waals surface area contributed by atoms with Crippen LogP contribution >= 0.6 is 12.9 Å². The molecule has 0 amide bonds. The van der Waals surface area contributed by atoms with E-state index in [9.17, 15) is 4.79 Å². The number of hydrogen-bond donors (Lipinski definition) is 2. The van der Waals surface area contributed by atoms with E-state index >= 15 is 0 Å². The zero-order valence-electron chi connectivity index (χ0n) is 8.19. The van der Waals surface area contributed by atoms with Crippen LogP contribution in [0.1, 0.15) is 19.3 Å². The van der Waals surface area contributed by atoms with E-state index in [-0.39, 0.29) is 12.0 Å². The molecule has 78 valence electrons.